The van der Waals surface area contributed by atoms with Gasteiger partial charge >= 0.3 is 12.1 Å². The molecule has 0 spiro atoms. The number of halogens is 1. The first kappa shape index (κ1) is 34.2. The Morgan fingerprint density at radius 3 is 2.50 bits per heavy atom. The van der Waals surface area contributed by atoms with Gasteiger partial charge in [0.05, 0.1) is 41.6 Å². The lowest BCUT2D eigenvalue weighted by Crippen LogP contribution is -2.48. The van der Waals surface area contributed by atoms with Crippen LogP contribution in [-0.4, -0.2) is 63.2 Å². The van der Waals surface area contributed by atoms with Gasteiger partial charge in [-0.25, -0.2) is 14.6 Å². The molecule has 2 aliphatic rings. The summed E-state index contributed by atoms with van der Waals surface area (Å²) in [5, 5.41) is 21.5. The van der Waals surface area contributed by atoms with E-state index in [0.717, 1.165) is 59.8 Å². The molecule has 4 N–H and O–H groups in total. The Kier molecular flexibility index (Phi) is 10.8. The molecule has 3 heterocycles. The van der Waals surface area contributed by atoms with Crippen LogP contribution in [0.5, 0.6) is 0 Å². The summed E-state index contributed by atoms with van der Waals surface area (Å²) in [6.45, 7) is 8.97. The summed E-state index contributed by atoms with van der Waals surface area (Å²) < 4.78 is 1.92. The minimum atomic E-state index is -0.432. The van der Waals surface area contributed by atoms with Crippen LogP contribution in [0.4, 0.5) is 15.3 Å². The molecule has 1 atom stereocenters. The van der Waals surface area contributed by atoms with Crippen molar-refractivity contribution in [3.05, 3.63) is 112 Å². The van der Waals surface area contributed by atoms with Gasteiger partial charge in [-0.1, -0.05) is 23.7 Å². The number of amides is 4. The molecule has 248 valence electrons. The number of rotatable bonds is 4. The molecule has 1 fully saturated rings. The number of aromatic nitrogens is 3. The highest BCUT2D eigenvalue weighted by atomic mass is 35.5. The highest BCUT2D eigenvalue weighted by Crippen LogP contribution is 2.38. The van der Waals surface area contributed by atoms with E-state index in [1.54, 1.807) is 47.9 Å². The predicted octanol–water partition coefficient (Wildman–Crippen LogP) is 5.75. The Bertz CT molecular complexity index is 1830. The van der Waals surface area contributed by atoms with E-state index < -0.39 is 6.04 Å². The number of hydrogen-bond acceptors (Lipinski definition) is 6. The number of nitrogens with one attached hydrogen (secondary N) is 4. The van der Waals surface area contributed by atoms with Gasteiger partial charge in [0, 0.05) is 62.1 Å². The first-order valence-electron chi connectivity index (χ1n) is 15.8. The summed E-state index contributed by atoms with van der Waals surface area (Å²) in [7, 11) is 1.92. The minimum Gasteiger partial charge on any atom is -0.336 e. The molecular formula is C36H40ClN9O2. The van der Waals surface area contributed by atoms with Crippen LogP contribution >= 0.6 is 11.6 Å². The number of nitriles is 1. The maximum Gasteiger partial charge on any atom is 0.321 e. The second kappa shape index (κ2) is 15.2. The van der Waals surface area contributed by atoms with Crippen molar-refractivity contribution >= 4 is 41.0 Å². The minimum absolute atomic E-state index is 0.0868. The van der Waals surface area contributed by atoms with Gasteiger partial charge in [-0.05, 0) is 91.6 Å². The molecule has 0 bridgehead atoms. The van der Waals surface area contributed by atoms with E-state index >= 15 is 0 Å². The van der Waals surface area contributed by atoms with Crippen LogP contribution in [0.2, 0.25) is 5.02 Å². The van der Waals surface area contributed by atoms with Gasteiger partial charge in [0.2, 0.25) is 0 Å². The van der Waals surface area contributed by atoms with Crippen molar-refractivity contribution in [3.63, 3.8) is 0 Å². The van der Waals surface area contributed by atoms with E-state index in [0.29, 0.717) is 22.7 Å². The second-order valence-corrected chi connectivity index (χ2v) is 13.1. The van der Waals surface area contributed by atoms with E-state index in [4.69, 9.17) is 16.9 Å². The topological polar surface area (TPSA) is 140 Å². The van der Waals surface area contributed by atoms with E-state index in [1.165, 1.54) is 0 Å². The van der Waals surface area contributed by atoms with Crippen LogP contribution in [0.15, 0.2) is 73.3 Å². The first-order chi connectivity index (χ1) is 23.0. The largest absolute Gasteiger partial charge is 0.336 e. The molecule has 1 aliphatic carbocycles. The number of carbonyl (C=O) groups is 2. The average molecular weight is 666 g/mol. The van der Waals surface area contributed by atoms with E-state index in [1.807, 2.05) is 68.8 Å². The molecule has 12 heteroatoms. The Hall–Kier alpha value is -5.18. The van der Waals surface area contributed by atoms with Crippen LogP contribution in [0.1, 0.15) is 60.5 Å². The second-order valence-electron chi connectivity index (χ2n) is 12.7. The number of nitrogens with zero attached hydrogens (tertiary/aromatic N) is 5. The van der Waals surface area contributed by atoms with Crippen molar-refractivity contribution in [1.29, 1.82) is 5.26 Å². The number of imidazole rings is 1. The number of carbonyl (C=O) groups excluding carboxylic acids is 2. The molecule has 2 aromatic carbocycles. The average Bonchev–Trinajstić information content (AvgIpc) is 3.42. The quantitative estimate of drug-likeness (QED) is 0.219. The van der Waals surface area contributed by atoms with Crippen molar-refractivity contribution in [2.75, 3.05) is 31.5 Å². The number of benzene rings is 2. The monoisotopic (exact) mass is 665 g/mol. The summed E-state index contributed by atoms with van der Waals surface area (Å²) in [5.41, 5.74) is 6.87. The maximum absolute atomic E-state index is 12.9. The molecule has 1 unspecified atom stereocenters. The zero-order chi connectivity index (χ0) is 34.3. The summed E-state index contributed by atoms with van der Waals surface area (Å²) >= 11 is 6.40. The van der Waals surface area contributed by atoms with Crippen molar-refractivity contribution in [2.45, 2.75) is 38.8 Å². The maximum atomic E-state index is 12.9. The smallest absolute Gasteiger partial charge is 0.321 e. The summed E-state index contributed by atoms with van der Waals surface area (Å²) in [4.78, 5) is 35.4. The number of urea groups is 2. The first-order valence-corrected chi connectivity index (χ1v) is 16.1. The lowest BCUT2D eigenvalue weighted by molar-refractivity contribution is 0.204. The third-order valence-electron chi connectivity index (χ3n) is 7.87. The summed E-state index contributed by atoms with van der Waals surface area (Å²) in [6, 6.07) is 18.0. The standard InChI is InChI=1S/C24H26ClN5O.C12H14N4O/c1-24(2,3)29-23(31)28-22(21-13-26-14-30(21)4)19-10-16-6-5-9-27-20(16)11-15-7-8-17(25)12-18(15)19;13-9-10-1-3-11(4-2-10)15-12(17)16-7-5-14-6-8-16/h5-10,12-14,22H,11H2,1-4H3,(H2,28,29,31);1-4,14H,5-8H2,(H,15,17). The Morgan fingerprint density at radius 1 is 1.08 bits per heavy atom. The summed E-state index contributed by atoms with van der Waals surface area (Å²) in [5.74, 6) is 0. The number of hydrogen-bond donors (Lipinski definition) is 4. The molecular weight excluding hydrogens is 626 g/mol. The van der Waals surface area contributed by atoms with Gasteiger partial charge < -0.3 is 30.7 Å². The van der Waals surface area contributed by atoms with Crippen LogP contribution < -0.4 is 21.3 Å². The molecule has 0 radical (unpaired) electrons. The Balaban J connectivity index is 0.000000224. The van der Waals surface area contributed by atoms with E-state index in [9.17, 15) is 9.59 Å². The van der Waals surface area contributed by atoms with Gasteiger partial charge in [0.25, 0.3) is 0 Å². The molecule has 4 amide bonds. The fourth-order valence-corrected chi connectivity index (χ4v) is 5.70. The van der Waals surface area contributed by atoms with Gasteiger partial charge in [-0.15, -0.1) is 0 Å². The van der Waals surface area contributed by atoms with Crippen molar-refractivity contribution in [1.82, 2.24) is 35.4 Å². The zero-order valence-corrected chi connectivity index (χ0v) is 28.3. The molecule has 0 saturated carbocycles. The fourth-order valence-electron chi connectivity index (χ4n) is 5.53. The Morgan fingerprint density at radius 2 is 1.83 bits per heavy atom. The molecule has 1 saturated heterocycles. The van der Waals surface area contributed by atoms with Gasteiger partial charge in [-0.2, -0.15) is 5.26 Å². The highest BCUT2D eigenvalue weighted by molar-refractivity contribution is 6.30. The number of pyridine rings is 1. The van der Waals surface area contributed by atoms with Gasteiger partial charge in [-0.3, -0.25) is 4.98 Å². The van der Waals surface area contributed by atoms with E-state index in [2.05, 4.69) is 37.3 Å². The summed E-state index contributed by atoms with van der Waals surface area (Å²) in [6.07, 6.45) is 8.11. The molecule has 6 rings (SSSR count). The third kappa shape index (κ3) is 8.79. The number of aryl methyl sites for hydroxylation is 1. The van der Waals surface area contributed by atoms with Crippen LogP contribution in [0.25, 0.3) is 11.6 Å². The molecule has 1 aliphatic heterocycles. The molecule has 4 aromatic rings. The van der Waals surface area contributed by atoms with Crippen molar-refractivity contribution < 1.29 is 9.59 Å². The predicted molar refractivity (Wildman–Crippen MR) is 188 cm³/mol. The van der Waals surface area contributed by atoms with Gasteiger partial charge in [0.15, 0.2) is 0 Å². The third-order valence-corrected chi connectivity index (χ3v) is 8.11. The molecule has 11 nitrogen and oxygen atoms in total. The number of fused-ring (bicyclic) bond motifs is 2. The molecule has 48 heavy (non-hydrogen) atoms. The number of anilines is 1. The van der Waals surface area contributed by atoms with Crippen molar-refractivity contribution in [2.24, 2.45) is 7.05 Å². The van der Waals surface area contributed by atoms with Crippen molar-refractivity contribution in [3.8, 4) is 6.07 Å². The van der Waals surface area contributed by atoms with Crippen LogP contribution in [0.3, 0.4) is 0 Å². The SMILES string of the molecule is Cn1cncc1C(NC(=O)NC(C)(C)C)C1=Cc2cccnc2Cc2ccc(Cl)cc21.N#Cc1ccc(NC(=O)N2CCNCC2)cc1. The number of piperazine rings is 1. The highest BCUT2D eigenvalue weighted by Gasteiger charge is 2.28. The normalized spacial score (nSPS) is 14.4. The van der Waals surface area contributed by atoms with Crippen LogP contribution in [-0.2, 0) is 13.5 Å². The lowest BCUT2D eigenvalue weighted by Gasteiger charge is -2.27. The van der Waals surface area contributed by atoms with E-state index in [-0.39, 0.29) is 17.6 Å². The Labute approximate surface area is 286 Å². The van der Waals surface area contributed by atoms with Crippen LogP contribution in [0, 0.1) is 11.3 Å². The van der Waals surface area contributed by atoms with Gasteiger partial charge in [0.1, 0.15) is 0 Å². The lowest BCUT2D eigenvalue weighted by atomic mass is 9.92. The zero-order valence-electron chi connectivity index (χ0n) is 27.5. The fraction of sp³-hybridized carbons (Fsp3) is 0.306. The molecule has 2 aromatic heterocycles.